The summed E-state index contributed by atoms with van der Waals surface area (Å²) < 4.78 is 1.83. The summed E-state index contributed by atoms with van der Waals surface area (Å²) in [7, 11) is 1.93. The van der Waals surface area contributed by atoms with E-state index in [1.54, 1.807) is 6.20 Å². The number of hydrogen-bond acceptors (Lipinski definition) is 3. The quantitative estimate of drug-likeness (QED) is 0.792. The molecule has 0 amide bonds. The van der Waals surface area contributed by atoms with Crippen molar-refractivity contribution in [3.05, 3.63) is 59.7 Å². The number of fused-ring (bicyclic) bond motifs is 1. The SMILES string of the molecule is CCc1nn(C)cc1C(N)c1cccc2ccncc12. The Morgan fingerprint density at radius 3 is 2.90 bits per heavy atom. The number of nitrogens with two attached hydrogens (primary N) is 1. The highest BCUT2D eigenvalue weighted by Crippen LogP contribution is 2.28. The summed E-state index contributed by atoms with van der Waals surface area (Å²) in [5.74, 6) is 0. The van der Waals surface area contributed by atoms with E-state index in [-0.39, 0.29) is 6.04 Å². The summed E-state index contributed by atoms with van der Waals surface area (Å²) >= 11 is 0. The second kappa shape index (κ2) is 5.06. The van der Waals surface area contributed by atoms with E-state index >= 15 is 0 Å². The van der Waals surface area contributed by atoms with Crippen LogP contribution < -0.4 is 5.73 Å². The zero-order chi connectivity index (χ0) is 14.1. The summed E-state index contributed by atoms with van der Waals surface area (Å²) in [6.45, 7) is 2.10. The summed E-state index contributed by atoms with van der Waals surface area (Å²) in [4.78, 5) is 4.22. The molecule has 0 aliphatic carbocycles. The number of hydrogen-bond donors (Lipinski definition) is 1. The molecule has 2 N–H and O–H groups in total. The maximum Gasteiger partial charge on any atom is 0.0672 e. The van der Waals surface area contributed by atoms with Gasteiger partial charge in [-0.15, -0.1) is 0 Å². The Kier molecular flexibility index (Phi) is 3.24. The van der Waals surface area contributed by atoms with E-state index < -0.39 is 0 Å². The van der Waals surface area contributed by atoms with Crippen LogP contribution in [0.5, 0.6) is 0 Å². The van der Waals surface area contributed by atoms with Gasteiger partial charge in [0.2, 0.25) is 0 Å². The molecule has 3 rings (SSSR count). The van der Waals surface area contributed by atoms with Crippen molar-refractivity contribution in [3.8, 4) is 0 Å². The highest BCUT2D eigenvalue weighted by atomic mass is 15.3. The summed E-state index contributed by atoms with van der Waals surface area (Å²) in [6.07, 6.45) is 6.58. The first kappa shape index (κ1) is 12.8. The van der Waals surface area contributed by atoms with Crippen molar-refractivity contribution in [2.24, 2.45) is 12.8 Å². The molecular formula is C16H18N4. The molecule has 0 bridgehead atoms. The van der Waals surface area contributed by atoms with Crippen LogP contribution >= 0.6 is 0 Å². The van der Waals surface area contributed by atoms with Crippen molar-refractivity contribution in [1.29, 1.82) is 0 Å². The van der Waals surface area contributed by atoms with E-state index in [2.05, 4.69) is 29.1 Å². The number of aromatic nitrogens is 3. The van der Waals surface area contributed by atoms with Gasteiger partial charge in [-0.25, -0.2) is 0 Å². The van der Waals surface area contributed by atoms with Crippen molar-refractivity contribution in [2.75, 3.05) is 0 Å². The standard InChI is InChI=1S/C16H18N4/c1-3-15-14(10-20(2)19-15)16(17)12-6-4-5-11-7-8-18-9-13(11)12/h4-10,16H,3,17H2,1-2H3. The van der Waals surface area contributed by atoms with Gasteiger partial charge in [0.1, 0.15) is 0 Å². The van der Waals surface area contributed by atoms with Gasteiger partial charge in [0.05, 0.1) is 11.7 Å². The van der Waals surface area contributed by atoms with Crippen LogP contribution in [-0.2, 0) is 13.5 Å². The Morgan fingerprint density at radius 2 is 2.10 bits per heavy atom. The second-order valence-electron chi connectivity index (χ2n) is 4.98. The lowest BCUT2D eigenvalue weighted by atomic mass is 9.95. The molecule has 4 heteroatoms. The molecule has 4 nitrogen and oxygen atoms in total. The van der Waals surface area contributed by atoms with Gasteiger partial charge >= 0.3 is 0 Å². The zero-order valence-corrected chi connectivity index (χ0v) is 11.7. The molecule has 2 aromatic heterocycles. The molecule has 0 saturated heterocycles. The average Bonchev–Trinajstić information content (AvgIpc) is 2.87. The van der Waals surface area contributed by atoms with Crippen molar-refractivity contribution in [3.63, 3.8) is 0 Å². The minimum atomic E-state index is -0.174. The van der Waals surface area contributed by atoms with E-state index in [9.17, 15) is 0 Å². The minimum Gasteiger partial charge on any atom is -0.320 e. The van der Waals surface area contributed by atoms with Gasteiger partial charge in [0.15, 0.2) is 0 Å². The van der Waals surface area contributed by atoms with Crippen molar-refractivity contribution in [2.45, 2.75) is 19.4 Å². The first-order valence-corrected chi connectivity index (χ1v) is 6.81. The number of pyridine rings is 1. The van der Waals surface area contributed by atoms with Gasteiger partial charge in [-0.3, -0.25) is 9.67 Å². The minimum absolute atomic E-state index is 0.174. The van der Waals surface area contributed by atoms with E-state index in [1.165, 1.54) is 0 Å². The molecule has 1 atom stereocenters. The molecule has 0 aliphatic rings. The third-order valence-corrected chi connectivity index (χ3v) is 3.66. The Bertz CT molecular complexity index is 740. The van der Waals surface area contributed by atoms with E-state index in [0.717, 1.165) is 34.0 Å². The zero-order valence-electron chi connectivity index (χ0n) is 11.7. The van der Waals surface area contributed by atoms with Crippen LogP contribution in [0.3, 0.4) is 0 Å². The van der Waals surface area contributed by atoms with Crippen LogP contribution in [-0.4, -0.2) is 14.8 Å². The average molecular weight is 266 g/mol. The first-order chi connectivity index (χ1) is 9.70. The van der Waals surface area contributed by atoms with Crippen molar-refractivity contribution in [1.82, 2.24) is 14.8 Å². The fourth-order valence-electron chi connectivity index (χ4n) is 2.66. The van der Waals surface area contributed by atoms with Crippen LogP contribution in [0.25, 0.3) is 10.8 Å². The highest BCUT2D eigenvalue weighted by molar-refractivity contribution is 5.85. The van der Waals surface area contributed by atoms with Gasteiger partial charge in [0, 0.05) is 36.6 Å². The van der Waals surface area contributed by atoms with Crippen LogP contribution in [0.1, 0.15) is 29.8 Å². The van der Waals surface area contributed by atoms with Crippen molar-refractivity contribution >= 4 is 10.8 Å². The fraction of sp³-hybridized carbons (Fsp3) is 0.250. The van der Waals surface area contributed by atoms with E-state index in [0.29, 0.717) is 0 Å². The number of nitrogens with zero attached hydrogens (tertiary/aromatic N) is 3. The normalized spacial score (nSPS) is 12.8. The van der Waals surface area contributed by atoms with Gasteiger partial charge in [-0.1, -0.05) is 25.1 Å². The Balaban J connectivity index is 2.15. The maximum atomic E-state index is 6.49. The largest absolute Gasteiger partial charge is 0.320 e. The Morgan fingerprint density at radius 1 is 1.25 bits per heavy atom. The second-order valence-corrected chi connectivity index (χ2v) is 4.98. The lowest BCUT2D eigenvalue weighted by Gasteiger charge is -2.14. The molecule has 0 saturated carbocycles. The molecule has 0 spiro atoms. The summed E-state index contributed by atoms with van der Waals surface area (Å²) in [5, 5.41) is 6.74. The molecule has 102 valence electrons. The molecule has 0 aliphatic heterocycles. The lowest BCUT2D eigenvalue weighted by molar-refractivity contribution is 0.746. The lowest BCUT2D eigenvalue weighted by Crippen LogP contribution is -2.13. The van der Waals surface area contributed by atoms with Gasteiger partial charge in [0.25, 0.3) is 0 Å². The van der Waals surface area contributed by atoms with E-state index in [1.807, 2.05) is 36.3 Å². The Hall–Kier alpha value is -2.20. The summed E-state index contributed by atoms with van der Waals surface area (Å²) in [5.41, 5.74) is 9.73. The number of benzene rings is 1. The third-order valence-electron chi connectivity index (χ3n) is 3.66. The predicted molar refractivity (Wildman–Crippen MR) is 80.4 cm³/mol. The molecule has 1 aromatic carbocycles. The predicted octanol–water partition coefficient (Wildman–Crippen LogP) is 2.58. The number of rotatable bonds is 3. The number of aryl methyl sites for hydroxylation is 2. The van der Waals surface area contributed by atoms with Crippen LogP contribution in [0.15, 0.2) is 42.9 Å². The first-order valence-electron chi connectivity index (χ1n) is 6.81. The molecule has 20 heavy (non-hydrogen) atoms. The molecule has 1 unspecified atom stereocenters. The summed E-state index contributed by atoms with van der Waals surface area (Å²) in [6, 6.07) is 8.03. The van der Waals surface area contributed by atoms with Gasteiger partial charge < -0.3 is 5.73 Å². The Labute approximate surface area is 118 Å². The molecular weight excluding hydrogens is 248 g/mol. The maximum absolute atomic E-state index is 6.49. The topological polar surface area (TPSA) is 56.7 Å². The third kappa shape index (κ3) is 2.08. The highest BCUT2D eigenvalue weighted by Gasteiger charge is 2.17. The molecule has 2 heterocycles. The molecule has 3 aromatic rings. The molecule has 0 radical (unpaired) electrons. The van der Waals surface area contributed by atoms with E-state index in [4.69, 9.17) is 5.73 Å². The monoisotopic (exact) mass is 266 g/mol. The van der Waals surface area contributed by atoms with Crippen LogP contribution in [0.2, 0.25) is 0 Å². The molecule has 0 fully saturated rings. The smallest absolute Gasteiger partial charge is 0.0672 e. The van der Waals surface area contributed by atoms with Crippen LogP contribution in [0.4, 0.5) is 0 Å². The van der Waals surface area contributed by atoms with Crippen molar-refractivity contribution < 1.29 is 0 Å². The van der Waals surface area contributed by atoms with Gasteiger partial charge in [-0.2, -0.15) is 5.10 Å². The fourth-order valence-corrected chi connectivity index (χ4v) is 2.66. The van der Waals surface area contributed by atoms with Gasteiger partial charge in [-0.05, 0) is 23.4 Å². The van der Waals surface area contributed by atoms with Crippen LogP contribution in [0, 0.1) is 0 Å².